The van der Waals surface area contributed by atoms with Crippen LogP contribution in [0.25, 0.3) is 11.1 Å². The van der Waals surface area contributed by atoms with Gasteiger partial charge >= 0.3 is 5.97 Å². The Hall–Kier alpha value is -1.81. The molecule has 27 heavy (non-hydrogen) atoms. The quantitative estimate of drug-likeness (QED) is 0.315. The molecule has 1 unspecified atom stereocenters. The summed E-state index contributed by atoms with van der Waals surface area (Å²) in [5, 5.41) is 0. The zero-order valence-corrected chi connectivity index (χ0v) is 17.1. The molecule has 0 aliphatic rings. The summed E-state index contributed by atoms with van der Waals surface area (Å²) < 4.78 is 18.4. The molecule has 4 heteroatoms. The molecule has 0 spiro atoms. The zero-order chi connectivity index (χ0) is 19.5. The molecular formula is C23H29FO2S. The van der Waals surface area contributed by atoms with Gasteiger partial charge in [-0.15, -0.1) is 11.8 Å². The number of benzene rings is 2. The molecule has 0 N–H and O–H groups in total. The molecule has 0 bridgehead atoms. The number of halogens is 1. The summed E-state index contributed by atoms with van der Waals surface area (Å²) in [4.78, 5) is 13.0. The highest BCUT2D eigenvalue weighted by atomic mass is 32.2. The van der Waals surface area contributed by atoms with Crippen molar-refractivity contribution in [3.8, 4) is 11.1 Å². The van der Waals surface area contributed by atoms with Crippen molar-refractivity contribution >= 4 is 17.7 Å². The van der Waals surface area contributed by atoms with Gasteiger partial charge in [-0.3, -0.25) is 4.79 Å². The summed E-state index contributed by atoms with van der Waals surface area (Å²) in [6, 6.07) is 14.6. The van der Waals surface area contributed by atoms with Crippen LogP contribution in [0.3, 0.4) is 0 Å². The van der Waals surface area contributed by atoms with Gasteiger partial charge in [0.1, 0.15) is 5.82 Å². The maximum atomic E-state index is 13.0. The Morgan fingerprint density at radius 1 is 1.04 bits per heavy atom. The lowest BCUT2D eigenvalue weighted by Gasteiger charge is -2.14. The normalized spacial score (nSPS) is 12.0. The number of hydrogen-bond acceptors (Lipinski definition) is 3. The van der Waals surface area contributed by atoms with Crippen molar-refractivity contribution in [1.82, 2.24) is 0 Å². The van der Waals surface area contributed by atoms with E-state index in [0.717, 1.165) is 28.9 Å². The largest absolute Gasteiger partial charge is 0.465 e. The van der Waals surface area contributed by atoms with Gasteiger partial charge < -0.3 is 4.74 Å². The van der Waals surface area contributed by atoms with Crippen molar-refractivity contribution in [3.05, 3.63) is 54.3 Å². The molecule has 0 aliphatic carbocycles. The topological polar surface area (TPSA) is 26.3 Å². The number of unbranched alkanes of at least 4 members (excludes halogenated alkanes) is 1. The second-order valence-corrected chi connectivity index (χ2v) is 7.90. The van der Waals surface area contributed by atoms with E-state index in [1.54, 1.807) is 23.9 Å². The lowest BCUT2D eigenvalue weighted by molar-refractivity contribution is -0.144. The molecule has 1 atom stereocenters. The minimum Gasteiger partial charge on any atom is -0.465 e. The van der Waals surface area contributed by atoms with Gasteiger partial charge in [0.25, 0.3) is 0 Å². The molecule has 0 heterocycles. The van der Waals surface area contributed by atoms with Crippen LogP contribution in [0, 0.1) is 11.7 Å². The van der Waals surface area contributed by atoms with Gasteiger partial charge in [-0.1, -0.05) is 57.4 Å². The van der Waals surface area contributed by atoms with Gasteiger partial charge in [0, 0.05) is 10.6 Å². The van der Waals surface area contributed by atoms with Crippen LogP contribution in [0.15, 0.2) is 53.4 Å². The molecule has 0 fully saturated rings. The Morgan fingerprint density at radius 3 is 2.26 bits per heavy atom. The second-order valence-electron chi connectivity index (χ2n) is 6.73. The lowest BCUT2D eigenvalue weighted by Crippen LogP contribution is -2.14. The minimum atomic E-state index is -0.228. The van der Waals surface area contributed by atoms with Crippen molar-refractivity contribution in [3.63, 3.8) is 0 Å². The number of rotatable bonds is 11. The van der Waals surface area contributed by atoms with Crippen molar-refractivity contribution in [2.75, 3.05) is 12.4 Å². The first-order valence-electron chi connectivity index (χ1n) is 9.76. The summed E-state index contributed by atoms with van der Waals surface area (Å²) >= 11 is 1.65. The minimum absolute atomic E-state index is 0.111. The average molecular weight is 389 g/mol. The molecule has 0 saturated heterocycles. The maximum absolute atomic E-state index is 13.0. The van der Waals surface area contributed by atoms with Gasteiger partial charge in [-0.25, -0.2) is 4.39 Å². The first-order chi connectivity index (χ1) is 13.1. The van der Waals surface area contributed by atoms with Crippen LogP contribution < -0.4 is 0 Å². The summed E-state index contributed by atoms with van der Waals surface area (Å²) in [6.45, 7) is 4.88. The predicted molar refractivity (Wildman–Crippen MR) is 111 cm³/mol. The van der Waals surface area contributed by atoms with Crippen molar-refractivity contribution in [1.29, 1.82) is 0 Å². The van der Waals surface area contributed by atoms with Crippen molar-refractivity contribution in [2.24, 2.45) is 5.92 Å². The summed E-state index contributed by atoms with van der Waals surface area (Å²) in [6.07, 6.45) is 4.99. The van der Waals surface area contributed by atoms with Crippen LogP contribution in [-0.2, 0) is 9.53 Å². The van der Waals surface area contributed by atoms with Gasteiger partial charge in [-0.05, 0) is 47.7 Å². The summed E-state index contributed by atoms with van der Waals surface area (Å²) in [7, 11) is 0. The van der Waals surface area contributed by atoms with E-state index in [4.69, 9.17) is 4.74 Å². The van der Waals surface area contributed by atoms with E-state index >= 15 is 0 Å². The average Bonchev–Trinajstić information content (AvgIpc) is 2.69. The molecule has 2 aromatic carbocycles. The molecule has 0 saturated carbocycles. The number of carbonyl (C=O) groups is 1. The van der Waals surface area contributed by atoms with E-state index in [1.165, 1.54) is 25.0 Å². The fourth-order valence-corrected chi connectivity index (χ4v) is 3.65. The van der Waals surface area contributed by atoms with E-state index in [9.17, 15) is 9.18 Å². The van der Waals surface area contributed by atoms with E-state index in [2.05, 4.69) is 13.8 Å². The number of esters is 1. The van der Waals surface area contributed by atoms with Crippen LogP contribution in [0.2, 0.25) is 0 Å². The molecule has 0 aliphatic heterocycles. The number of thioether (sulfide) groups is 1. The Labute approximate surface area is 166 Å². The van der Waals surface area contributed by atoms with Crippen molar-refractivity contribution < 1.29 is 13.9 Å². The van der Waals surface area contributed by atoms with Gasteiger partial charge in [0.05, 0.1) is 13.0 Å². The van der Waals surface area contributed by atoms with Gasteiger partial charge in [-0.2, -0.15) is 0 Å². The van der Waals surface area contributed by atoms with Gasteiger partial charge in [0.15, 0.2) is 0 Å². The fourth-order valence-electron chi connectivity index (χ4n) is 2.82. The maximum Gasteiger partial charge on any atom is 0.306 e. The Balaban J connectivity index is 1.72. The van der Waals surface area contributed by atoms with Crippen LogP contribution in [-0.4, -0.2) is 18.3 Å². The molecular weight excluding hydrogens is 359 g/mol. The van der Waals surface area contributed by atoms with E-state index in [1.807, 2.05) is 24.3 Å². The molecule has 2 aromatic rings. The van der Waals surface area contributed by atoms with Crippen molar-refractivity contribution in [2.45, 2.75) is 50.8 Å². The first kappa shape index (κ1) is 21.5. The highest BCUT2D eigenvalue weighted by Crippen LogP contribution is 2.25. The molecule has 146 valence electrons. The summed E-state index contributed by atoms with van der Waals surface area (Å²) in [5.41, 5.74) is 2.04. The standard InChI is InChI=1S/C23H29FO2S/c1-3-5-6-18(4-2)17-26-23(25)15-16-27-22-13-9-20(10-14-22)19-7-11-21(24)12-8-19/h7-14,18H,3-6,15-17H2,1-2H3. The van der Waals surface area contributed by atoms with E-state index in [0.29, 0.717) is 24.7 Å². The fraction of sp³-hybridized carbons (Fsp3) is 0.435. The van der Waals surface area contributed by atoms with Crippen LogP contribution in [0.5, 0.6) is 0 Å². The van der Waals surface area contributed by atoms with Crippen LogP contribution in [0.1, 0.15) is 46.0 Å². The first-order valence-corrected chi connectivity index (χ1v) is 10.7. The molecule has 2 rings (SSSR count). The smallest absolute Gasteiger partial charge is 0.306 e. The number of carbonyl (C=O) groups excluding carboxylic acids is 1. The monoisotopic (exact) mass is 388 g/mol. The van der Waals surface area contributed by atoms with Crippen LogP contribution in [0.4, 0.5) is 4.39 Å². The zero-order valence-electron chi connectivity index (χ0n) is 16.2. The van der Waals surface area contributed by atoms with Gasteiger partial charge in [0.2, 0.25) is 0 Å². The predicted octanol–water partition coefficient (Wildman–Crippen LogP) is 6.73. The summed E-state index contributed by atoms with van der Waals surface area (Å²) in [5.74, 6) is 0.856. The second kappa shape index (κ2) is 11.8. The highest BCUT2D eigenvalue weighted by Gasteiger charge is 2.10. The Kier molecular flexibility index (Phi) is 9.40. The third-order valence-corrected chi connectivity index (χ3v) is 5.64. The molecule has 0 aromatic heterocycles. The number of hydrogen-bond donors (Lipinski definition) is 0. The molecule has 2 nitrogen and oxygen atoms in total. The third-order valence-electron chi connectivity index (χ3n) is 4.63. The Bertz CT molecular complexity index is 683. The highest BCUT2D eigenvalue weighted by molar-refractivity contribution is 7.99. The van der Waals surface area contributed by atoms with E-state index in [-0.39, 0.29) is 11.8 Å². The number of ether oxygens (including phenoxy) is 1. The SMILES string of the molecule is CCCCC(CC)COC(=O)CCSc1ccc(-c2ccc(F)cc2)cc1. The van der Waals surface area contributed by atoms with Crippen LogP contribution >= 0.6 is 11.8 Å². The molecule has 0 amide bonds. The Morgan fingerprint density at radius 2 is 1.67 bits per heavy atom. The lowest BCUT2D eigenvalue weighted by atomic mass is 10.0. The third kappa shape index (κ3) is 7.76. The molecule has 0 radical (unpaired) electrons. The van der Waals surface area contributed by atoms with E-state index < -0.39 is 0 Å².